The molecule has 2 aliphatic rings. The molecule has 12 atom stereocenters. The van der Waals surface area contributed by atoms with Gasteiger partial charge in [0.25, 0.3) is 0 Å². The first kappa shape index (κ1) is 31.5. The monoisotopic (exact) mass is 513 g/mol. The minimum atomic E-state index is -1.13. The molecule has 0 amide bonds. The number of aliphatic hydroxyl groups excluding tert-OH is 1. The predicted molar refractivity (Wildman–Crippen MR) is 142 cm³/mol. The second-order valence-electron chi connectivity index (χ2n) is 12.7. The Morgan fingerprint density at radius 1 is 1.03 bits per heavy atom. The molecule has 2 heterocycles. The van der Waals surface area contributed by atoms with Crippen molar-refractivity contribution >= 4 is 5.97 Å². The summed E-state index contributed by atoms with van der Waals surface area (Å²) in [6, 6.07) is 0.158. The smallest absolute Gasteiger partial charge is 0.311 e. The van der Waals surface area contributed by atoms with Crippen LogP contribution in [0.4, 0.5) is 0 Å². The van der Waals surface area contributed by atoms with Gasteiger partial charge in [0, 0.05) is 19.0 Å². The average molecular weight is 514 g/mol. The highest BCUT2D eigenvalue weighted by Crippen LogP contribution is 2.34. The van der Waals surface area contributed by atoms with Gasteiger partial charge in [-0.2, -0.15) is 0 Å². The van der Waals surface area contributed by atoms with Crippen LogP contribution in [-0.2, 0) is 19.0 Å². The average Bonchev–Trinajstić information content (AvgIpc) is 2.77. The summed E-state index contributed by atoms with van der Waals surface area (Å²) in [5.41, 5.74) is -1.13. The Hall–Kier alpha value is -0.730. The van der Waals surface area contributed by atoms with Gasteiger partial charge in [-0.05, 0) is 84.1 Å². The number of carbonyl (C=O) groups excluding carboxylic acids is 1. The van der Waals surface area contributed by atoms with Gasteiger partial charge in [0.15, 0.2) is 6.29 Å². The van der Waals surface area contributed by atoms with Gasteiger partial charge in [0.1, 0.15) is 11.7 Å². The Balaban J connectivity index is 2.33. The number of cyclic esters (lactones) is 1. The van der Waals surface area contributed by atoms with E-state index in [9.17, 15) is 15.0 Å². The highest BCUT2D eigenvalue weighted by molar-refractivity contribution is 5.73. The number of ether oxygens (including phenoxy) is 3. The zero-order chi connectivity index (χ0) is 27.4. The number of nitrogens with zero attached hydrogens (tertiary/aromatic N) is 1. The summed E-state index contributed by atoms with van der Waals surface area (Å²) in [5.74, 6) is 0.288. The fourth-order valence-corrected chi connectivity index (χ4v) is 6.50. The summed E-state index contributed by atoms with van der Waals surface area (Å²) in [7, 11) is 2.12. The minimum Gasteiger partial charge on any atom is -0.459 e. The van der Waals surface area contributed by atoms with Crippen LogP contribution in [-0.4, -0.2) is 77.0 Å². The first-order valence-corrected chi connectivity index (χ1v) is 14.3. The number of aliphatic hydroxyl groups is 2. The lowest BCUT2D eigenvalue weighted by molar-refractivity contribution is -0.261. The molecule has 8 unspecified atom stereocenters. The fraction of sp³-hybridized carbons (Fsp3) is 0.966. The van der Waals surface area contributed by atoms with Crippen molar-refractivity contribution in [1.29, 1.82) is 0 Å². The third kappa shape index (κ3) is 8.39. The van der Waals surface area contributed by atoms with Crippen LogP contribution in [0.1, 0.15) is 94.4 Å². The summed E-state index contributed by atoms with van der Waals surface area (Å²) in [4.78, 5) is 15.8. The first-order chi connectivity index (χ1) is 16.7. The van der Waals surface area contributed by atoms with E-state index in [-0.39, 0.29) is 36.1 Å². The highest BCUT2D eigenvalue weighted by atomic mass is 16.7. The van der Waals surface area contributed by atoms with Crippen LogP contribution in [0.2, 0.25) is 0 Å². The number of hydrogen-bond acceptors (Lipinski definition) is 7. The number of esters is 1. The van der Waals surface area contributed by atoms with Crippen molar-refractivity contribution in [3.8, 4) is 0 Å². The van der Waals surface area contributed by atoms with Crippen molar-refractivity contribution in [2.75, 3.05) is 13.6 Å². The van der Waals surface area contributed by atoms with Gasteiger partial charge >= 0.3 is 5.97 Å². The molecule has 0 aromatic rings. The summed E-state index contributed by atoms with van der Waals surface area (Å²) < 4.78 is 18.5. The molecular weight excluding hydrogens is 458 g/mol. The van der Waals surface area contributed by atoms with Crippen LogP contribution in [0.25, 0.3) is 0 Å². The van der Waals surface area contributed by atoms with Gasteiger partial charge < -0.3 is 29.3 Å². The van der Waals surface area contributed by atoms with E-state index >= 15 is 0 Å². The van der Waals surface area contributed by atoms with Gasteiger partial charge in [0.2, 0.25) is 0 Å². The lowest BCUT2D eigenvalue weighted by atomic mass is 9.83. The molecule has 2 aliphatic heterocycles. The SMILES string of the molecule is CCC1OC(=O)C(C)C(O[C@H]2CC(C)[C@@H](O)C(C)O2)C(C)CC(C)CC(C)CN(C)[C@H](C)C[C@]1(C)O. The number of rotatable bonds is 3. The normalized spacial score (nSPS) is 47.0. The second kappa shape index (κ2) is 13.4. The van der Waals surface area contributed by atoms with Gasteiger partial charge in [-0.1, -0.05) is 34.6 Å². The summed E-state index contributed by atoms with van der Waals surface area (Å²) in [5, 5.41) is 21.7. The number of carbonyl (C=O) groups is 1. The van der Waals surface area contributed by atoms with Gasteiger partial charge in [-0.15, -0.1) is 0 Å². The lowest BCUT2D eigenvalue weighted by Crippen LogP contribution is -2.49. The van der Waals surface area contributed by atoms with E-state index in [2.05, 4.69) is 39.6 Å². The molecular formula is C29H55NO6. The van der Waals surface area contributed by atoms with Crippen molar-refractivity contribution in [1.82, 2.24) is 4.90 Å². The summed E-state index contributed by atoms with van der Waals surface area (Å²) in [6.45, 7) is 19.3. The maximum atomic E-state index is 13.5. The molecule has 0 spiro atoms. The fourth-order valence-electron chi connectivity index (χ4n) is 6.50. The lowest BCUT2D eigenvalue weighted by Gasteiger charge is -2.40. The molecule has 7 heteroatoms. The molecule has 212 valence electrons. The van der Waals surface area contributed by atoms with E-state index in [1.165, 1.54) is 0 Å². The third-order valence-electron chi connectivity index (χ3n) is 8.69. The van der Waals surface area contributed by atoms with Crippen molar-refractivity contribution in [2.45, 2.75) is 137 Å². The molecule has 2 N–H and O–H groups in total. The largest absolute Gasteiger partial charge is 0.459 e. The van der Waals surface area contributed by atoms with Crippen LogP contribution in [0.15, 0.2) is 0 Å². The Morgan fingerprint density at radius 3 is 2.25 bits per heavy atom. The molecule has 0 radical (unpaired) electrons. The first-order valence-electron chi connectivity index (χ1n) is 14.3. The standard InChI is InChI=1S/C29H55NO6/c1-11-24-29(9,33)15-21(6)30(10)16-18(3)12-17(2)13-20(5)27(22(7)28(32)35-24)36-25-14-19(4)26(31)23(8)34-25/h17-27,31,33H,11-16H2,1-10H3/t17?,18?,19?,20?,21-,22?,23?,24?,25+,26-,27?,29+/m1/s1. The maximum Gasteiger partial charge on any atom is 0.311 e. The van der Waals surface area contributed by atoms with E-state index in [1.54, 1.807) is 6.92 Å². The quantitative estimate of drug-likeness (QED) is 0.532. The van der Waals surface area contributed by atoms with E-state index < -0.39 is 30.0 Å². The van der Waals surface area contributed by atoms with Crippen molar-refractivity contribution < 1.29 is 29.2 Å². The van der Waals surface area contributed by atoms with Crippen molar-refractivity contribution in [3.05, 3.63) is 0 Å². The second-order valence-corrected chi connectivity index (χ2v) is 12.7. The molecule has 2 fully saturated rings. The van der Waals surface area contributed by atoms with E-state index in [4.69, 9.17) is 14.2 Å². The molecule has 0 aromatic carbocycles. The van der Waals surface area contributed by atoms with E-state index in [0.717, 1.165) is 19.4 Å². The van der Waals surface area contributed by atoms with Crippen LogP contribution < -0.4 is 0 Å². The van der Waals surface area contributed by atoms with Crippen LogP contribution in [0.5, 0.6) is 0 Å². The zero-order valence-corrected chi connectivity index (χ0v) is 24.6. The maximum absolute atomic E-state index is 13.5. The minimum absolute atomic E-state index is 0.0527. The predicted octanol–water partition coefficient (Wildman–Crippen LogP) is 4.62. The Morgan fingerprint density at radius 2 is 1.67 bits per heavy atom. The van der Waals surface area contributed by atoms with Gasteiger partial charge in [-0.3, -0.25) is 4.79 Å². The molecule has 0 saturated carbocycles. The highest BCUT2D eigenvalue weighted by Gasteiger charge is 2.42. The van der Waals surface area contributed by atoms with Crippen LogP contribution in [0.3, 0.4) is 0 Å². The van der Waals surface area contributed by atoms with Gasteiger partial charge in [-0.25, -0.2) is 0 Å². The molecule has 36 heavy (non-hydrogen) atoms. The Bertz CT molecular complexity index is 675. The molecule has 2 rings (SSSR count). The van der Waals surface area contributed by atoms with E-state index in [1.807, 2.05) is 27.7 Å². The molecule has 2 saturated heterocycles. The zero-order valence-electron chi connectivity index (χ0n) is 24.6. The summed E-state index contributed by atoms with van der Waals surface area (Å²) in [6.07, 6.45) is 1.36. The van der Waals surface area contributed by atoms with Gasteiger partial charge in [0.05, 0.1) is 24.2 Å². The van der Waals surface area contributed by atoms with E-state index in [0.29, 0.717) is 31.1 Å². The molecule has 0 bridgehead atoms. The topological polar surface area (TPSA) is 88.5 Å². The molecule has 0 aromatic heterocycles. The molecule has 0 aliphatic carbocycles. The number of hydrogen-bond donors (Lipinski definition) is 2. The van der Waals surface area contributed by atoms with Crippen LogP contribution >= 0.6 is 0 Å². The summed E-state index contributed by atoms with van der Waals surface area (Å²) >= 11 is 0. The Kier molecular flexibility index (Phi) is 11.7. The van der Waals surface area contributed by atoms with Crippen LogP contribution in [0, 0.1) is 29.6 Å². The molecule has 7 nitrogen and oxygen atoms in total. The third-order valence-corrected chi connectivity index (χ3v) is 8.69. The van der Waals surface area contributed by atoms with Crippen molar-refractivity contribution in [3.63, 3.8) is 0 Å². The Labute approximate surface area is 220 Å². The van der Waals surface area contributed by atoms with Crippen molar-refractivity contribution in [2.24, 2.45) is 29.6 Å².